The number of nitrogens with one attached hydrogen (secondary N) is 2. The third-order valence-electron chi connectivity index (χ3n) is 3.14. The maximum atomic E-state index is 13.8. The average Bonchev–Trinajstić information content (AvgIpc) is 2.46. The van der Waals surface area contributed by atoms with Crippen LogP contribution < -0.4 is 10.6 Å². The van der Waals surface area contributed by atoms with Crippen molar-refractivity contribution in [2.24, 2.45) is 0 Å². The number of halogens is 1. The van der Waals surface area contributed by atoms with Crippen LogP contribution in [0, 0.1) is 12.7 Å². The fourth-order valence-electron chi connectivity index (χ4n) is 2.05. The molecule has 0 spiro atoms. The van der Waals surface area contributed by atoms with Crippen LogP contribution in [0.2, 0.25) is 0 Å². The molecule has 0 saturated heterocycles. The average molecular weight is 288 g/mol. The summed E-state index contributed by atoms with van der Waals surface area (Å²) in [6.45, 7) is 6.81. The van der Waals surface area contributed by atoms with Gasteiger partial charge in [0.25, 0.3) is 0 Å². The van der Waals surface area contributed by atoms with Crippen molar-refractivity contribution in [2.45, 2.75) is 33.6 Å². The van der Waals surface area contributed by atoms with Gasteiger partial charge in [0, 0.05) is 18.5 Å². The van der Waals surface area contributed by atoms with Gasteiger partial charge in [-0.2, -0.15) is 0 Å². The van der Waals surface area contributed by atoms with Gasteiger partial charge in [0.2, 0.25) is 0 Å². The highest BCUT2D eigenvalue weighted by Gasteiger charge is 2.11. The summed E-state index contributed by atoms with van der Waals surface area (Å²) in [6, 6.07) is 6.58. The van der Waals surface area contributed by atoms with Crippen LogP contribution in [0.25, 0.3) is 0 Å². The zero-order chi connectivity index (χ0) is 15.2. The first kappa shape index (κ1) is 15.2. The lowest BCUT2D eigenvalue weighted by Crippen LogP contribution is -2.09. The quantitative estimate of drug-likeness (QED) is 0.842. The van der Waals surface area contributed by atoms with Crippen molar-refractivity contribution in [3.63, 3.8) is 0 Å². The van der Waals surface area contributed by atoms with E-state index < -0.39 is 0 Å². The fraction of sp³-hybridized carbons (Fsp3) is 0.375. The van der Waals surface area contributed by atoms with Gasteiger partial charge in [-0.05, 0) is 32.4 Å². The highest BCUT2D eigenvalue weighted by molar-refractivity contribution is 5.65. The van der Waals surface area contributed by atoms with Crippen LogP contribution in [-0.4, -0.2) is 16.5 Å². The van der Waals surface area contributed by atoms with Crippen molar-refractivity contribution < 1.29 is 4.39 Å². The predicted octanol–water partition coefficient (Wildman–Crippen LogP) is 4.05. The van der Waals surface area contributed by atoms with Crippen molar-refractivity contribution >= 4 is 17.3 Å². The van der Waals surface area contributed by atoms with Gasteiger partial charge in [0.05, 0.1) is 5.69 Å². The number of benzene rings is 1. The van der Waals surface area contributed by atoms with Gasteiger partial charge in [0.1, 0.15) is 23.3 Å². The number of nitrogens with zero attached hydrogens (tertiary/aromatic N) is 2. The Bertz CT molecular complexity index is 613. The topological polar surface area (TPSA) is 49.8 Å². The zero-order valence-corrected chi connectivity index (χ0v) is 12.7. The van der Waals surface area contributed by atoms with Crippen LogP contribution in [0.15, 0.2) is 24.3 Å². The van der Waals surface area contributed by atoms with E-state index in [2.05, 4.69) is 27.5 Å². The molecule has 5 heteroatoms. The largest absolute Gasteiger partial charge is 0.370 e. The highest BCUT2D eigenvalue weighted by atomic mass is 19.1. The van der Waals surface area contributed by atoms with Gasteiger partial charge in [0.15, 0.2) is 0 Å². The van der Waals surface area contributed by atoms with Crippen LogP contribution in [0.4, 0.5) is 21.7 Å². The summed E-state index contributed by atoms with van der Waals surface area (Å²) in [5.41, 5.74) is 1.31. The van der Waals surface area contributed by atoms with E-state index in [-0.39, 0.29) is 5.82 Å². The SMILES string of the molecule is CCCc1nc(NCC)c(C)c(Nc2ccccc2F)n1. The number of aryl methyl sites for hydroxylation is 1. The van der Waals surface area contributed by atoms with Crippen LogP contribution in [0.1, 0.15) is 31.7 Å². The Balaban J connectivity index is 2.39. The van der Waals surface area contributed by atoms with Crippen LogP contribution >= 0.6 is 0 Å². The number of aromatic nitrogens is 2. The smallest absolute Gasteiger partial charge is 0.146 e. The number of hydrogen-bond donors (Lipinski definition) is 2. The molecule has 0 atom stereocenters. The predicted molar refractivity (Wildman–Crippen MR) is 84.6 cm³/mol. The van der Waals surface area contributed by atoms with Crippen LogP contribution in [-0.2, 0) is 6.42 Å². The van der Waals surface area contributed by atoms with E-state index in [0.29, 0.717) is 11.5 Å². The molecular formula is C16H21FN4. The van der Waals surface area contributed by atoms with Crippen molar-refractivity contribution in [1.29, 1.82) is 0 Å². The maximum Gasteiger partial charge on any atom is 0.146 e. The molecule has 4 nitrogen and oxygen atoms in total. The molecular weight excluding hydrogens is 267 g/mol. The standard InChI is InChI=1S/C16H21FN4/c1-4-8-14-20-15(18-5-2)11(3)16(21-14)19-13-10-7-6-9-12(13)17/h6-7,9-10H,4-5,8H2,1-3H3,(H2,18,19,20,21). The number of rotatable bonds is 6. The second kappa shape index (κ2) is 7.02. The normalized spacial score (nSPS) is 10.5. The Hall–Kier alpha value is -2.17. The minimum absolute atomic E-state index is 0.294. The van der Waals surface area contributed by atoms with E-state index in [0.717, 1.165) is 36.6 Å². The first-order valence-corrected chi connectivity index (χ1v) is 7.28. The molecule has 21 heavy (non-hydrogen) atoms. The summed E-state index contributed by atoms with van der Waals surface area (Å²) in [7, 11) is 0. The third kappa shape index (κ3) is 3.68. The second-order valence-corrected chi connectivity index (χ2v) is 4.85. The Labute approximate surface area is 124 Å². The molecule has 112 valence electrons. The molecule has 0 unspecified atom stereocenters. The highest BCUT2D eigenvalue weighted by Crippen LogP contribution is 2.25. The van der Waals surface area contributed by atoms with Gasteiger partial charge >= 0.3 is 0 Å². The van der Waals surface area contributed by atoms with Crippen molar-refractivity contribution in [3.05, 3.63) is 41.5 Å². The van der Waals surface area contributed by atoms with Crippen LogP contribution in [0.3, 0.4) is 0 Å². The molecule has 0 amide bonds. The van der Waals surface area contributed by atoms with E-state index in [9.17, 15) is 4.39 Å². The minimum Gasteiger partial charge on any atom is -0.370 e. The molecule has 0 radical (unpaired) electrons. The van der Waals surface area contributed by atoms with Crippen molar-refractivity contribution in [1.82, 2.24) is 9.97 Å². The molecule has 2 N–H and O–H groups in total. The van der Waals surface area contributed by atoms with Crippen molar-refractivity contribution in [3.8, 4) is 0 Å². The van der Waals surface area contributed by atoms with Gasteiger partial charge in [-0.3, -0.25) is 0 Å². The van der Waals surface area contributed by atoms with Gasteiger partial charge < -0.3 is 10.6 Å². The number of hydrogen-bond acceptors (Lipinski definition) is 4. The van der Waals surface area contributed by atoms with Crippen LogP contribution in [0.5, 0.6) is 0 Å². The van der Waals surface area contributed by atoms with Gasteiger partial charge in [-0.15, -0.1) is 0 Å². The molecule has 0 aliphatic rings. The molecule has 1 heterocycles. The Morgan fingerprint density at radius 2 is 1.81 bits per heavy atom. The first-order valence-electron chi connectivity index (χ1n) is 7.28. The summed E-state index contributed by atoms with van der Waals surface area (Å²) >= 11 is 0. The monoisotopic (exact) mass is 288 g/mol. The van der Waals surface area contributed by atoms with Gasteiger partial charge in [-0.1, -0.05) is 19.1 Å². The van der Waals surface area contributed by atoms with E-state index in [1.54, 1.807) is 18.2 Å². The molecule has 0 saturated carbocycles. The maximum absolute atomic E-state index is 13.8. The van der Waals surface area contributed by atoms with E-state index >= 15 is 0 Å². The van der Waals surface area contributed by atoms with Crippen molar-refractivity contribution in [2.75, 3.05) is 17.2 Å². The lowest BCUT2D eigenvalue weighted by atomic mass is 10.2. The molecule has 0 bridgehead atoms. The van der Waals surface area contributed by atoms with E-state index in [1.165, 1.54) is 6.07 Å². The minimum atomic E-state index is -0.294. The zero-order valence-electron chi connectivity index (χ0n) is 12.7. The van der Waals surface area contributed by atoms with E-state index in [4.69, 9.17) is 0 Å². The molecule has 0 aliphatic carbocycles. The summed E-state index contributed by atoms with van der Waals surface area (Å²) in [5, 5.41) is 6.30. The molecule has 1 aromatic carbocycles. The third-order valence-corrected chi connectivity index (χ3v) is 3.14. The van der Waals surface area contributed by atoms with Gasteiger partial charge in [-0.25, -0.2) is 14.4 Å². The number of anilines is 3. The fourth-order valence-corrected chi connectivity index (χ4v) is 2.05. The Morgan fingerprint density at radius 3 is 2.48 bits per heavy atom. The first-order chi connectivity index (χ1) is 10.2. The molecule has 2 rings (SSSR count). The molecule has 2 aromatic rings. The molecule has 0 aliphatic heterocycles. The summed E-state index contributed by atoms with van der Waals surface area (Å²) in [4.78, 5) is 9.03. The summed E-state index contributed by atoms with van der Waals surface area (Å²) in [6.07, 6.45) is 1.76. The molecule has 0 fully saturated rings. The molecule has 1 aromatic heterocycles. The van der Waals surface area contributed by atoms with E-state index in [1.807, 2.05) is 13.8 Å². The summed E-state index contributed by atoms with van der Waals surface area (Å²) < 4.78 is 13.8. The second-order valence-electron chi connectivity index (χ2n) is 4.85. The lowest BCUT2D eigenvalue weighted by Gasteiger charge is -2.14. The Kier molecular flexibility index (Phi) is 5.09. The number of para-hydroxylation sites is 1. The lowest BCUT2D eigenvalue weighted by molar-refractivity contribution is 0.631. The summed E-state index contributed by atoms with van der Waals surface area (Å²) in [5.74, 6) is 1.92. The Morgan fingerprint density at radius 1 is 1.10 bits per heavy atom.